The molecule has 4 heteroatoms. The van der Waals surface area contributed by atoms with Crippen LogP contribution in [0.15, 0.2) is 40.9 Å². The second-order valence-electron chi connectivity index (χ2n) is 4.58. The quantitative estimate of drug-likeness (QED) is 0.900. The molecule has 2 aromatic carbocycles. The topological polar surface area (TPSA) is 35.2 Å². The van der Waals surface area contributed by atoms with E-state index in [1.165, 1.54) is 0 Å². The lowest BCUT2D eigenvalue weighted by Crippen LogP contribution is -2.14. The van der Waals surface area contributed by atoms with E-state index in [1.54, 1.807) is 19.1 Å². The number of ether oxygens (including phenoxy) is 1. The molecular weight excluding hydrogens is 321 g/mol. The summed E-state index contributed by atoms with van der Waals surface area (Å²) in [4.78, 5) is 0. The summed E-state index contributed by atoms with van der Waals surface area (Å²) < 4.78 is 20.4. The van der Waals surface area contributed by atoms with Gasteiger partial charge in [-0.05, 0) is 53.0 Å². The molecule has 106 valence electrons. The van der Waals surface area contributed by atoms with Gasteiger partial charge in [0.2, 0.25) is 0 Å². The smallest absolute Gasteiger partial charge is 0.133 e. The monoisotopic (exact) mass is 337 g/mol. The van der Waals surface area contributed by atoms with Crippen LogP contribution in [0.1, 0.15) is 29.7 Å². The zero-order chi connectivity index (χ0) is 14.7. The Bertz CT molecular complexity index is 615. The molecule has 0 amide bonds. The lowest BCUT2D eigenvalue weighted by atomic mass is 9.97. The Morgan fingerprint density at radius 3 is 2.70 bits per heavy atom. The summed E-state index contributed by atoms with van der Waals surface area (Å²) in [5.74, 6) is 0.512. The van der Waals surface area contributed by atoms with Gasteiger partial charge in [-0.15, -0.1) is 0 Å². The van der Waals surface area contributed by atoms with Crippen LogP contribution in [-0.4, -0.2) is 6.61 Å². The van der Waals surface area contributed by atoms with Gasteiger partial charge in [-0.3, -0.25) is 0 Å². The highest BCUT2D eigenvalue weighted by Gasteiger charge is 2.16. The van der Waals surface area contributed by atoms with Gasteiger partial charge in [0.25, 0.3) is 0 Å². The second-order valence-corrected chi connectivity index (χ2v) is 5.43. The third kappa shape index (κ3) is 3.02. The zero-order valence-corrected chi connectivity index (χ0v) is 13.1. The molecular formula is C16H17BrFNO. The van der Waals surface area contributed by atoms with Crippen molar-refractivity contribution in [2.45, 2.75) is 19.9 Å². The van der Waals surface area contributed by atoms with Crippen LogP contribution in [0.2, 0.25) is 0 Å². The molecule has 0 spiro atoms. The van der Waals surface area contributed by atoms with Gasteiger partial charge in [0, 0.05) is 5.56 Å². The molecule has 0 aromatic heterocycles. The summed E-state index contributed by atoms with van der Waals surface area (Å²) in [5, 5.41) is 0. The van der Waals surface area contributed by atoms with E-state index in [0.29, 0.717) is 17.7 Å². The minimum Gasteiger partial charge on any atom is -0.493 e. The predicted molar refractivity (Wildman–Crippen MR) is 82.5 cm³/mol. The molecule has 0 aliphatic carbocycles. The summed E-state index contributed by atoms with van der Waals surface area (Å²) in [5.41, 5.74) is 8.12. The maximum absolute atomic E-state index is 14.1. The number of benzene rings is 2. The Morgan fingerprint density at radius 1 is 1.30 bits per heavy atom. The molecule has 2 nitrogen and oxygen atoms in total. The van der Waals surface area contributed by atoms with Crippen molar-refractivity contribution >= 4 is 15.9 Å². The molecule has 0 saturated carbocycles. The Morgan fingerprint density at radius 2 is 2.05 bits per heavy atom. The fourth-order valence-electron chi connectivity index (χ4n) is 2.07. The molecule has 20 heavy (non-hydrogen) atoms. The van der Waals surface area contributed by atoms with Crippen molar-refractivity contribution in [3.8, 4) is 5.75 Å². The maximum Gasteiger partial charge on any atom is 0.133 e. The SMILES string of the molecule is CCOc1ccc(C(N)c2cccc(C)c2F)cc1Br. The summed E-state index contributed by atoms with van der Waals surface area (Å²) >= 11 is 3.45. The highest BCUT2D eigenvalue weighted by molar-refractivity contribution is 9.10. The number of hydrogen-bond donors (Lipinski definition) is 1. The first-order valence-electron chi connectivity index (χ1n) is 6.47. The maximum atomic E-state index is 14.1. The van der Waals surface area contributed by atoms with Crippen molar-refractivity contribution in [2.24, 2.45) is 5.73 Å². The van der Waals surface area contributed by atoms with E-state index in [9.17, 15) is 4.39 Å². The number of hydrogen-bond acceptors (Lipinski definition) is 2. The number of rotatable bonds is 4. The Hall–Kier alpha value is -1.39. The van der Waals surface area contributed by atoms with E-state index in [4.69, 9.17) is 10.5 Å². The van der Waals surface area contributed by atoms with E-state index in [-0.39, 0.29) is 5.82 Å². The van der Waals surface area contributed by atoms with Crippen molar-refractivity contribution in [3.63, 3.8) is 0 Å². The van der Waals surface area contributed by atoms with Gasteiger partial charge >= 0.3 is 0 Å². The van der Waals surface area contributed by atoms with Gasteiger partial charge in [-0.1, -0.05) is 24.3 Å². The molecule has 0 fully saturated rings. The standard InChI is InChI=1S/C16H17BrFNO/c1-3-20-14-8-7-11(9-13(14)17)16(19)12-6-4-5-10(2)15(12)18/h4-9,16H,3,19H2,1-2H3. The molecule has 2 aromatic rings. The van der Waals surface area contributed by atoms with E-state index < -0.39 is 6.04 Å². The van der Waals surface area contributed by atoms with Crippen LogP contribution in [0.25, 0.3) is 0 Å². The molecule has 0 aliphatic heterocycles. The molecule has 0 radical (unpaired) electrons. The van der Waals surface area contributed by atoms with Crippen LogP contribution >= 0.6 is 15.9 Å². The lowest BCUT2D eigenvalue weighted by molar-refractivity contribution is 0.338. The zero-order valence-electron chi connectivity index (χ0n) is 11.5. The first kappa shape index (κ1) is 15.0. The molecule has 2 N–H and O–H groups in total. The van der Waals surface area contributed by atoms with E-state index in [0.717, 1.165) is 15.8 Å². The molecule has 0 aliphatic rings. The first-order valence-corrected chi connectivity index (χ1v) is 7.26. The number of aryl methyl sites for hydroxylation is 1. The van der Waals surface area contributed by atoms with Gasteiger partial charge in [0.05, 0.1) is 17.1 Å². The third-order valence-electron chi connectivity index (χ3n) is 3.17. The molecule has 1 unspecified atom stereocenters. The van der Waals surface area contributed by atoms with Gasteiger partial charge in [0.15, 0.2) is 0 Å². The Kier molecular flexibility index (Phi) is 4.78. The Balaban J connectivity index is 2.36. The van der Waals surface area contributed by atoms with Crippen molar-refractivity contribution in [2.75, 3.05) is 6.61 Å². The van der Waals surface area contributed by atoms with Gasteiger partial charge in [-0.2, -0.15) is 0 Å². The number of nitrogens with two attached hydrogens (primary N) is 1. The predicted octanol–water partition coefficient (Wildman–Crippen LogP) is 4.34. The minimum absolute atomic E-state index is 0.245. The fourth-order valence-corrected chi connectivity index (χ4v) is 2.58. The second kappa shape index (κ2) is 6.37. The highest BCUT2D eigenvalue weighted by atomic mass is 79.9. The van der Waals surface area contributed by atoms with E-state index >= 15 is 0 Å². The van der Waals surface area contributed by atoms with Crippen LogP contribution in [-0.2, 0) is 0 Å². The molecule has 0 heterocycles. The number of halogens is 2. The molecule has 1 atom stereocenters. The molecule has 0 bridgehead atoms. The van der Waals surface area contributed by atoms with Crippen molar-refractivity contribution in [1.29, 1.82) is 0 Å². The highest BCUT2D eigenvalue weighted by Crippen LogP contribution is 2.31. The van der Waals surface area contributed by atoms with Gasteiger partial charge in [-0.25, -0.2) is 4.39 Å². The van der Waals surface area contributed by atoms with Crippen LogP contribution in [0, 0.1) is 12.7 Å². The normalized spacial score (nSPS) is 12.2. The van der Waals surface area contributed by atoms with Crippen LogP contribution in [0.5, 0.6) is 5.75 Å². The van der Waals surface area contributed by atoms with Gasteiger partial charge < -0.3 is 10.5 Å². The lowest BCUT2D eigenvalue weighted by Gasteiger charge is -2.16. The van der Waals surface area contributed by atoms with Gasteiger partial charge in [0.1, 0.15) is 11.6 Å². The summed E-state index contributed by atoms with van der Waals surface area (Å²) in [6.07, 6.45) is 0. The summed E-state index contributed by atoms with van der Waals surface area (Å²) in [7, 11) is 0. The van der Waals surface area contributed by atoms with Crippen molar-refractivity contribution in [3.05, 3.63) is 63.4 Å². The van der Waals surface area contributed by atoms with E-state index in [1.807, 2.05) is 31.2 Å². The van der Waals surface area contributed by atoms with Crippen LogP contribution in [0.3, 0.4) is 0 Å². The molecule has 0 saturated heterocycles. The average Bonchev–Trinajstić information content (AvgIpc) is 2.43. The van der Waals surface area contributed by atoms with Crippen molar-refractivity contribution < 1.29 is 9.13 Å². The molecule has 2 rings (SSSR count). The average molecular weight is 338 g/mol. The van der Waals surface area contributed by atoms with Crippen molar-refractivity contribution in [1.82, 2.24) is 0 Å². The van der Waals surface area contributed by atoms with Crippen LogP contribution < -0.4 is 10.5 Å². The summed E-state index contributed by atoms with van der Waals surface area (Å²) in [6, 6.07) is 10.4. The largest absolute Gasteiger partial charge is 0.493 e. The fraction of sp³-hybridized carbons (Fsp3) is 0.250. The third-order valence-corrected chi connectivity index (χ3v) is 3.79. The van der Waals surface area contributed by atoms with Crippen LogP contribution in [0.4, 0.5) is 4.39 Å². The summed E-state index contributed by atoms with van der Waals surface area (Å²) in [6.45, 7) is 4.25. The Labute approximate surface area is 126 Å². The van der Waals surface area contributed by atoms with E-state index in [2.05, 4.69) is 15.9 Å². The first-order chi connectivity index (χ1) is 9.54. The minimum atomic E-state index is -0.498.